The molecule has 1 atom stereocenters. The number of esters is 1. The lowest BCUT2D eigenvalue weighted by Crippen LogP contribution is -2.46. The average molecular weight is 302 g/mol. The molecule has 0 amide bonds. The first-order valence-electron chi connectivity index (χ1n) is 5.61. The number of hydrogen-bond acceptors (Lipinski definition) is 4. The van der Waals surface area contributed by atoms with Gasteiger partial charge in [0, 0.05) is 0 Å². The molecule has 0 saturated heterocycles. The second-order valence-corrected chi connectivity index (χ2v) is 7.45. The number of rotatable bonds is 4. The Bertz CT molecular complexity index is 448. The molecule has 0 aliphatic heterocycles. The first-order valence-corrected chi connectivity index (χ1v) is 7.05. The van der Waals surface area contributed by atoms with Gasteiger partial charge in [0.1, 0.15) is 0 Å². The van der Waals surface area contributed by atoms with Crippen molar-refractivity contribution in [2.24, 2.45) is 10.8 Å². The average Bonchev–Trinajstić information content (AvgIpc) is 2.13. The molecule has 0 saturated carbocycles. The Morgan fingerprint density at radius 3 is 1.79 bits per heavy atom. The summed E-state index contributed by atoms with van der Waals surface area (Å²) in [5, 5.41) is -4.55. The van der Waals surface area contributed by atoms with Crippen molar-refractivity contribution >= 4 is 16.1 Å². The van der Waals surface area contributed by atoms with Gasteiger partial charge in [0.05, 0.1) is 5.41 Å². The van der Waals surface area contributed by atoms with Gasteiger partial charge in [0.15, 0.2) is 6.10 Å². The van der Waals surface area contributed by atoms with Crippen LogP contribution in [-0.2, 0) is 19.6 Å². The van der Waals surface area contributed by atoms with Gasteiger partial charge in [-0.3, -0.25) is 9.35 Å². The predicted octanol–water partition coefficient (Wildman–Crippen LogP) is 2.47. The number of hydrogen-bond donors (Lipinski definition) is 1. The molecule has 0 aliphatic rings. The fraction of sp³-hybridized carbons (Fsp3) is 0.909. The highest BCUT2D eigenvalue weighted by Crippen LogP contribution is 2.40. The minimum atomic E-state index is -5.64. The number of ether oxygens (including phenoxy) is 1. The molecular weight excluding hydrogens is 282 g/mol. The molecule has 5 nitrogen and oxygen atoms in total. The molecule has 1 N–H and O–H groups in total. The van der Waals surface area contributed by atoms with E-state index in [9.17, 15) is 22.0 Å². The SMILES string of the molecule is CC(OC(=O)C(C)(C)C(C)(C)C)C(F)(F)S(=O)(=O)O. The molecule has 0 radical (unpaired) electrons. The summed E-state index contributed by atoms with van der Waals surface area (Å²) in [5.41, 5.74) is -1.67. The Hall–Kier alpha value is -0.760. The zero-order chi connectivity index (χ0) is 15.9. The summed E-state index contributed by atoms with van der Waals surface area (Å²) in [7, 11) is -5.64. The van der Waals surface area contributed by atoms with Crippen LogP contribution in [0.4, 0.5) is 8.78 Å². The third kappa shape index (κ3) is 3.62. The van der Waals surface area contributed by atoms with E-state index in [-0.39, 0.29) is 0 Å². The van der Waals surface area contributed by atoms with Gasteiger partial charge in [-0.1, -0.05) is 20.8 Å². The molecule has 1 unspecified atom stereocenters. The Morgan fingerprint density at radius 1 is 1.16 bits per heavy atom. The second-order valence-electron chi connectivity index (χ2n) is 5.96. The van der Waals surface area contributed by atoms with Crippen molar-refractivity contribution in [3.05, 3.63) is 0 Å². The standard InChI is InChI=1S/C11H20F2O5S/c1-7(11(12,13)19(15,16)17)18-8(14)10(5,6)9(2,3)4/h7H,1-6H3,(H,15,16,17). The Morgan fingerprint density at radius 2 is 1.53 bits per heavy atom. The highest BCUT2D eigenvalue weighted by atomic mass is 32.2. The van der Waals surface area contributed by atoms with Crippen molar-refractivity contribution in [2.45, 2.75) is 52.9 Å². The Labute approximate surface area is 112 Å². The molecule has 0 fully saturated rings. The van der Waals surface area contributed by atoms with E-state index in [1.807, 2.05) is 0 Å². The molecule has 0 aromatic carbocycles. The van der Waals surface area contributed by atoms with Crippen molar-refractivity contribution in [1.82, 2.24) is 0 Å². The van der Waals surface area contributed by atoms with Gasteiger partial charge < -0.3 is 4.74 Å². The van der Waals surface area contributed by atoms with E-state index in [1.54, 1.807) is 20.8 Å². The molecule has 0 spiro atoms. The molecule has 19 heavy (non-hydrogen) atoms. The maximum atomic E-state index is 13.3. The van der Waals surface area contributed by atoms with Crippen LogP contribution in [-0.4, -0.2) is 30.3 Å². The van der Waals surface area contributed by atoms with Crippen molar-refractivity contribution in [3.8, 4) is 0 Å². The minimum absolute atomic E-state index is 0.572. The second kappa shape index (κ2) is 4.97. The number of halogens is 2. The molecule has 0 bridgehead atoms. The van der Waals surface area contributed by atoms with Gasteiger partial charge in [0.2, 0.25) is 0 Å². The summed E-state index contributed by atoms with van der Waals surface area (Å²) < 4.78 is 60.5. The monoisotopic (exact) mass is 302 g/mol. The van der Waals surface area contributed by atoms with E-state index in [2.05, 4.69) is 4.74 Å². The molecule has 8 heteroatoms. The number of carbonyl (C=O) groups is 1. The summed E-state index contributed by atoms with van der Waals surface area (Å²) in [6.45, 7) is 8.89. The minimum Gasteiger partial charge on any atom is -0.454 e. The summed E-state index contributed by atoms with van der Waals surface area (Å²) >= 11 is 0. The van der Waals surface area contributed by atoms with Crippen molar-refractivity contribution in [3.63, 3.8) is 0 Å². The molecule has 0 aromatic rings. The van der Waals surface area contributed by atoms with Crippen LogP contribution in [0.2, 0.25) is 0 Å². The van der Waals surface area contributed by atoms with E-state index in [4.69, 9.17) is 4.55 Å². The van der Waals surface area contributed by atoms with Crippen LogP contribution in [0, 0.1) is 10.8 Å². The van der Waals surface area contributed by atoms with Crippen LogP contribution in [0.15, 0.2) is 0 Å². The van der Waals surface area contributed by atoms with Gasteiger partial charge in [-0.05, 0) is 26.2 Å². The lowest BCUT2D eigenvalue weighted by Gasteiger charge is -2.37. The zero-order valence-electron chi connectivity index (χ0n) is 11.8. The van der Waals surface area contributed by atoms with Crippen LogP contribution >= 0.6 is 0 Å². The molecule has 0 aromatic heterocycles. The van der Waals surface area contributed by atoms with Gasteiger partial charge in [0.25, 0.3) is 0 Å². The van der Waals surface area contributed by atoms with Crippen molar-refractivity contribution in [1.29, 1.82) is 0 Å². The first-order chi connectivity index (χ1) is 8.05. The number of alkyl halides is 2. The predicted molar refractivity (Wildman–Crippen MR) is 65.3 cm³/mol. The molecule has 114 valence electrons. The Balaban J connectivity index is 5.16. The Kier molecular flexibility index (Phi) is 4.77. The van der Waals surface area contributed by atoms with Crippen LogP contribution in [0.3, 0.4) is 0 Å². The van der Waals surface area contributed by atoms with Crippen LogP contribution in [0.5, 0.6) is 0 Å². The van der Waals surface area contributed by atoms with Crippen LogP contribution in [0.1, 0.15) is 41.5 Å². The molecule has 0 aliphatic carbocycles. The van der Waals surface area contributed by atoms with Crippen molar-refractivity contribution < 1.29 is 31.3 Å². The first kappa shape index (κ1) is 18.2. The van der Waals surface area contributed by atoms with E-state index in [1.165, 1.54) is 13.8 Å². The van der Waals surface area contributed by atoms with E-state index in [0.29, 0.717) is 6.92 Å². The molecule has 0 rings (SSSR count). The maximum Gasteiger partial charge on any atom is 0.405 e. The van der Waals surface area contributed by atoms with E-state index >= 15 is 0 Å². The summed E-state index contributed by atoms with van der Waals surface area (Å²) in [6.07, 6.45) is -2.28. The number of carbonyl (C=O) groups excluding carboxylic acids is 1. The summed E-state index contributed by atoms with van der Waals surface area (Å²) in [5.74, 6) is -0.962. The quantitative estimate of drug-likeness (QED) is 0.637. The third-order valence-corrected chi connectivity index (χ3v) is 4.51. The maximum absolute atomic E-state index is 13.3. The third-order valence-electron chi connectivity index (χ3n) is 3.49. The zero-order valence-corrected chi connectivity index (χ0v) is 12.6. The van der Waals surface area contributed by atoms with Gasteiger partial charge in [-0.15, -0.1) is 0 Å². The topological polar surface area (TPSA) is 80.7 Å². The lowest BCUT2D eigenvalue weighted by atomic mass is 9.69. The smallest absolute Gasteiger partial charge is 0.405 e. The highest BCUT2D eigenvalue weighted by Gasteiger charge is 2.53. The van der Waals surface area contributed by atoms with E-state index in [0.717, 1.165) is 0 Å². The van der Waals surface area contributed by atoms with Gasteiger partial charge in [-0.25, -0.2) is 0 Å². The molecule has 0 heterocycles. The molecular formula is C11H20F2O5S. The van der Waals surface area contributed by atoms with Gasteiger partial charge in [-0.2, -0.15) is 17.2 Å². The normalized spacial score (nSPS) is 16.1. The summed E-state index contributed by atoms with van der Waals surface area (Å²) in [6, 6.07) is 0. The van der Waals surface area contributed by atoms with Crippen LogP contribution in [0.25, 0.3) is 0 Å². The largest absolute Gasteiger partial charge is 0.454 e. The highest BCUT2D eigenvalue weighted by molar-refractivity contribution is 7.86. The fourth-order valence-corrected chi connectivity index (χ4v) is 1.36. The summed E-state index contributed by atoms with van der Waals surface area (Å²) in [4.78, 5) is 11.9. The van der Waals surface area contributed by atoms with E-state index < -0.39 is 38.3 Å². The van der Waals surface area contributed by atoms with Crippen LogP contribution < -0.4 is 0 Å². The lowest BCUT2D eigenvalue weighted by molar-refractivity contribution is -0.175. The van der Waals surface area contributed by atoms with Crippen molar-refractivity contribution in [2.75, 3.05) is 0 Å². The fourth-order valence-electron chi connectivity index (χ4n) is 0.892. The van der Waals surface area contributed by atoms with Gasteiger partial charge >= 0.3 is 21.3 Å².